The Morgan fingerprint density at radius 2 is 2.25 bits per heavy atom. The van der Waals surface area contributed by atoms with Crippen molar-refractivity contribution in [3.63, 3.8) is 0 Å². The zero-order chi connectivity index (χ0) is 14.8. The topological polar surface area (TPSA) is 71.5 Å². The molecule has 0 radical (unpaired) electrons. The maximum Gasteiger partial charge on any atom is 0.410 e. The Morgan fingerprint density at radius 3 is 2.85 bits per heavy atom. The fourth-order valence-corrected chi connectivity index (χ4v) is 2.58. The summed E-state index contributed by atoms with van der Waals surface area (Å²) in [6.45, 7) is 5.98. The summed E-state index contributed by atoms with van der Waals surface area (Å²) < 4.78 is 5.33. The molecule has 2 heterocycles. The molecule has 0 spiro atoms. The van der Waals surface area contributed by atoms with Crippen molar-refractivity contribution in [1.29, 1.82) is 0 Å². The van der Waals surface area contributed by atoms with Gasteiger partial charge in [0, 0.05) is 18.1 Å². The first-order chi connectivity index (χ1) is 9.37. The van der Waals surface area contributed by atoms with Crippen molar-refractivity contribution < 1.29 is 14.3 Å². The average Bonchev–Trinajstić information content (AvgIpc) is 2.96. The molecule has 0 aromatic carbocycles. The second-order valence-electron chi connectivity index (χ2n) is 5.66. The van der Waals surface area contributed by atoms with Crippen LogP contribution in [-0.2, 0) is 9.53 Å². The molecule has 7 heteroatoms. The van der Waals surface area contributed by atoms with Gasteiger partial charge in [0.05, 0.1) is 0 Å². The molecule has 0 bridgehead atoms. The van der Waals surface area contributed by atoms with Crippen LogP contribution in [-0.4, -0.2) is 40.1 Å². The molecule has 1 aromatic heterocycles. The number of nitrogens with zero attached hydrogens (tertiary/aromatic N) is 2. The van der Waals surface area contributed by atoms with E-state index in [-0.39, 0.29) is 5.91 Å². The molecule has 1 aromatic rings. The van der Waals surface area contributed by atoms with E-state index in [9.17, 15) is 9.59 Å². The van der Waals surface area contributed by atoms with Crippen molar-refractivity contribution in [1.82, 2.24) is 9.88 Å². The highest BCUT2D eigenvalue weighted by atomic mass is 32.1. The van der Waals surface area contributed by atoms with Gasteiger partial charge in [0.15, 0.2) is 5.13 Å². The molecule has 6 nitrogen and oxygen atoms in total. The molecule has 0 saturated carbocycles. The lowest BCUT2D eigenvalue weighted by atomic mass is 10.2. The number of aromatic nitrogens is 1. The van der Waals surface area contributed by atoms with Gasteiger partial charge in [-0.3, -0.25) is 9.69 Å². The van der Waals surface area contributed by atoms with Crippen LogP contribution in [0.5, 0.6) is 0 Å². The molecular formula is C13H19N3O3S. The lowest BCUT2D eigenvalue weighted by molar-refractivity contribution is -0.120. The monoisotopic (exact) mass is 297 g/mol. The smallest absolute Gasteiger partial charge is 0.410 e. The molecule has 1 atom stereocenters. The van der Waals surface area contributed by atoms with Crippen LogP contribution < -0.4 is 5.32 Å². The van der Waals surface area contributed by atoms with E-state index >= 15 is 0 Å². The van der Waals surface area contributed by atoms with E-state index in [4.69, 9.17) is 4.74 Å². The third-order valence-corrected chi connectivity index (χ3v) is 3.53. The second-order valence-corrected chi connectivity index (χ2v) is 6.55. The van der Waals surface area contributed by atoms with Gasteiger partial charge in [-0.2, -0.15) is 0 Å². The van der Waals surface area contributed by atoms with Crippen LogP contribution in [0.2, 0.25) is 0 Å². The number of thiazole rings is 1. The van der Waals surface area contributed by atoms with E-state index < -0.39 is 17.7 Å². The highest BCUT2D eigenvalue weighted by Crippen LogP contribution is 2.22. The quantitative estimate of drug-likeness (QED) is 0.910. The molecular weight excluding hydrogens is 278 g/mol. The van der Waals surface area contributed by atoms with Crippen LogP contribution in [0.4, 0.5) is 9.93 Å². The van der Waals surface area contributed by atoms with Crippen LogP contribution in [0.3, 0.4) is 0 Å². The van der Waals surface area contributed by atoms with E-state index in [0.717, 1.165) is 6.42 Å². The Morgan fingerprint density at radius 1 is 1.50 bits per heavy atom. The first-order valence-electron chi connectivity index (χ1n) is 6.57. The van der Waals surface area contributed by atoms with Crippen LogP contribution in [0, 0.1) is 0 Å². The number of amides is 2. The molecule has 2 amide bonds. The van der Waals surface area contributed by atoms with Crippen LogP contribution in [0.25, 0.3) is 0 Å². The highest BCUT2D eigenvalue weighted by molar-refractivity contribution is 7.13. The van der Waals surface area contributed by atoms with Crippen molar-refractivity contribution >= 4 is 28.5 Å². The number of anilines is 1. The van der Waals surface area contributed by atoms with Gasteiger partial charge in [-0.15, -0.1) is 11.3 Å². The largest absolute Gasteiger partial charge is 0.444 e. The highest BCUT2D eigenvalue weighted by Gasteiger charge is 2.36. The normalized spacial score (nSPS) is 18.9. The van der Waals surface area contributed by atoms with Crippen molar-refractivity contribution in [3.05, 3.63) is 11.6 Å². The molecule has 1 aliphatic rings. The summed E-state index contributed by atoms with van der Waals surface area (Å²) in [6.07, 6.45) is 2.64. The number of likely N-dealkylation sites (tertiary alicyclic amines) is 1. The van der Waals surface area contributed by atoms with Crippen LogP contribution in [0.15, 0.2) is 11.6 Å². The number of carbonyl (C=O) groups is 2. The fraction of sp³-hybridized carbons (Fsp3) is 0.615. The van der Waals surface area contributed by atoms with Crippen LogP contribution in [0.1, 0.15) is 33.6 Å². The van der Waals surface area contributed by atoms with Gasteiger partial charge < -0.3 is 10.1 Å². The van der Waals surface area contributed by atoms with Gasteiger partial charge in [0.25, 0.3) is 0 Å². The molecule has 1 N–H and O–H groups in total. The fourth-order valence-electron chi connectivity index (χ4n) is 2.05. The number of nitrogens with one attached hydrogen (secondary N) is 1. The molecule has 0 unspecified atom stereocenters. The van der Waals surface area contributed by atoms with Gasteiger partial charge >= 0.3 is 6.09 Å². The molecule has 110 valence electrons. The molecule has 2 rings (SSSR count). The summed E-state index contributed by atoms with van der Waals surface area (Å²) >= 11 is 1.35. The van der Waals surface area contributed by atoms with Gasteiger partial charge in [-0.1, -0.05) is 0 Å². The van der Waals surface area contributed by atoms with Crippen LogP contribution >= 0.6 is 11.3 Å². The molecule has 1 saturated heterocycles. The number of carbonyl (C=O) groups excluding carboxylic acids is 2. The SMILES string of the molecule is CC(C)(C)OC(=O)N1CCC[C@H]1C(=O)Nc1nccs1. The minimum atomic E-state index is -0.560. The Kier molecular flexibility index (Phi) is 4.27. The molecule has 1 fully saturated rings. The van der Waals surface area contributed by atoms with Gasteiger partial charge in [0.2, 0.25) is 5.91 Å². The predicted octanol–water partition coefficient (Wildman–Crippen LogP) is 2.48. The zero-order valence-electron chi connectivity index (χ0n) is 11.9. The van der Waals surface area contributed by atoms with E-state index in [1.54, 1.807) is 11.6 Å². The minimum absolute atomic E-state index is 0.205. The number of rotatable bonds is 2. The third kappa shape index (κ3) is 3.69. The van der Waals surface area contributed by atoms with E-state index in [1.807, 2.05) is 20.8 Å². The molecule has 0 aliphatic carbocycles. The Hall–Kier alpha value is -1.63. The number of ether oxygens (including phenoxy) is 1. The van der Waals surface area contributed by atoms with E-state index in [2.05, 4.69) is 10.3 Å². The first kappa shape index (κ1) is 14.8. The summed E-state index contributed by atoms with van der Waals surface area (Å²) in [4.78, 5) is 29.8. The van der Waals surface area contributed by atoms with Gasteiger partial charge in [0.1, 0.15) is 11.6 Å². The minimum Gasteiger partial charge on any atom is -0.444 e. The maximum atomic E-state index is 12.2. The maximum absolute atomic E-state index is 12.2. The van der Waals surface area contributed by atoms with Gasteiger partial charge in [-0.05, 0) is 33.6 Å². The molecule has 1 aliphatic heterocycles. The summed E-state index contributed by atoms with van der Waals surface area (Å²) in [5.74, 6) is -0.205. The van der Waals surface area contributed by atoms with Crippen molar-refractivity contribution in [2.24, 2.45) is 0 Å². The first-order valence-corrected chi connectivity index (χ1v) is 7.45. The average molecular weight is 297 g/mol. The van der Waals surface area contributed by atoms with Crippen molar-refractivity contribution in [2.45, 2.75) is 45.3 Å². The summed E-state index contributed by atoms with van der Waals surface area (Å²) in [5.41, 5.74) is -0.560. The predicted molar refractivity (Wildman–Crippen MR) is 76.7 cm³/mol. The summed E-state index contributed by atoms with van der Waals surface area (Å²) in [5, 5.41) is 5.07. The third-order valence-electron chi connectivity index (χ3n) is 2.85. The van der Waals surface area contributed by atoms with E-state index in [1.165, 1.54) is 16.2 Å². The van der Waals surface area contributed by atoms with Gasteiger partial charge in [-0.25, -0.2) is 9.78 Å². The second kappa shape index (κ2) is 5.78. The number of hydrogen-bond acceptors (Lipinski definition) is 5. The van der Waals surface area contributed by atoms with Crippen molar-refractivity contribution in [3.8, 4) is 0 Å². The number of hydrogen-bond donors (Lipinski definition) is 1. The Labute approximate surface area is 122 Å². The Bertz CT molecular complexity index is 482. The lowest BCUT2D eigenvalue weighted by Gasteiger charge is -2.27. The summed E-state index contributed by atoms with van der Waals surface area (Å²) in [7, 11) is 0. The summed E-state index contributed by atoms with van der Waals surface area (Å²) in [6, 6.07) is -0.478. The standard InChI is InChI=1S/C13H19N3O3S/c1-13(2,3)19-12(18)16-7-4-5-9(16)10(17)15-11-14-6-8-20-11/h6,8-9H,4-5,7H2,1-3H3,(H,14,15,17)/t9-/m0/s1. The van der Waals surface area contributed by atoms with Crippen molar-refractivity contribution in [2.75, 3.05) is 11.9 Å². The zero-order valence-corrected chi connectivity index (χ0v) is 12.7. The molecule has 20 heavy (non-hydrogen) atoms. The van der Waals surface area contributed by atoms with E-state index in [0.29, 0.717) is 18.1 Å². The Balaban J connectivity index is 1.99. The lowest BCUT2D eigenvalue weighted by Crippen LogP contribution is -2.45.